The Morgan fingerprint density at radius 3 is 2.30 bits per heavy atom. The molecule has 1 heterocycles. The van der Waals surface area contributed by atoms with E-state index in [1.54, 1.807) is 0 Å². The summed E-state index contributed by atoms with van der Waals surface area (Å²) < 4.78 is 25.6. The molecule has 1 aliphatic heterocycles. The Morgan fingerprint density at radius 1 is 1.09 bits per heavy atom. The summed E-state index contributed by atoms with van der Waals surface area (Å²) >= 11 is 0. The molecule has 0 aromatic heterocycles. The number of benzene rings is 2. The van der Waals surface area contributed by atoms with Crippen LogP contribution in [0.2, 0.25) is 0 Å². The normalized spacial score (nSPS) is 23.5. The Labute approximate surface area is 138 Å². The van der Waals surface area contributed by atoms with Crippen LogP contribution in [0.1, 0.15) is 25.3 Å². The SMILES string of the molecule is CCOP(=O)(CC1(c2ccccc2)CCCO1)c1ccccc1. The van der Waals surface area contributed by atoms with Crippen LogP contribution in [0.3, 0.4) is 0 Å². The monoisotopic (exact) mass is 330 g/mol. The molecule has 3 rings (SSSR count). The van der Waals surface area contributed by atoms with E-state index in [2.05, 4.69) is 12.1 Å². The molecule has 122 valence electrons. The van der Waals surface area contributed by atoms with E-state index in [-0.39, 0.29) is 0 Å². The summed E-state index contributed by atoms with van der Waals surface area (Å²) in [5, 5.41) is 0.771. The summed E-state index contributed by atoms with van der Waals surface area (Å²) in [4.78, 5) is 0. The molecule has 2 aromatic rings. The van der Waals surface area contributed by atoms with Crippen molar-refractivity contribution < 1.29 is 13.8 Å². The highest BCUT2D eigenvalue weighted by Gasteiger charge is 2.44. The molecule has 0 aliphatic carbocycles. The maximum Gasteiger partial charge on any atom is 0.235 e. The third kappa shape index (κ3) is 3.42. The smallest absolute Gasteiger partial charge is 0.235 e. The molecule has 2 atom stereocenters. The Balaban J connectivity index is 1.99. The number of rotatable bonds is 6. The van der Waals surface area contributed by atoms with Crippen molar-refractivity contribution >= 4 is 12.7 Å². The average molecular weight is 330 g/mol. The fourth-order valence-corrected chi connectivity index (χ4v) is 5.87. The molecule has 2 aromatic carbocycles. The zero-order valence-electron chi connectivity index (χ0n) is 13.5. The molecule has 0 radical (unpaired) electrons. The molecule has 1 aliphatic rings. The molecule has 1 fully saturated rings. The molecule has 2 unspecified atom stereocenters. The molecular weight excluding hydrogens is 307 g/mol. The summed E-state index contributed by atoms with van der Waals surface area (Å²) in [5.41, 5.74) is 0.579. The Kier molecular flexibility index (Phi) is 5.01. The van der Waals surface area contributed by atoms with Gasteiger partial charge >= 0.3 is 0 Å². The van der Waals surface area contributed by atoms with Crippen molar-refractivity contribution in [1.82, 2.24) is 0 Å². The lowest BCUT2D eigenvalue weighted by Crippen LogP contribution is -2.32. The molecule has 0 bridgehead atoms. The van der Waals surface area contributed by atoms with Gasteiger partial charge in [-0.2, -0.15) is 0 Å². The van der Waals surface area contributed by atoms with E-state index in [0.29, 0.717) is 19.4 Å². The lowest BCUT2D eigenvalue weighted by Gasteiger charge is -2.33. The second kappa shape index (κ2) is 7.00. The Hall–Kier alpha value is -1.41. The molecule has 0 N–H and O–H groups in total. The minimum Gasteiger partial charge on any atom is -0.370 e. The fraction of sp³-hybridized carbons (Fsp3) is 0.368. The maximum absolute atomic E-state index is 13.6. The van der Waals surface area contributed by atoms with Gasteiger partial charge in [-0.3, -0.25) is 4.57 Å². The quantitative estimate of drug-likeness (QED) is 0.740. The minimum atomic E-state index is -2.98. The van der Waals surface area contributed by atoms with E-state index in [0.717, 1.165) is 23.7 Å². The fourth-order valence-electron chi connectivity index (χ4n) is 3.29. The largest absolute Gasteiger partial charge is 0.370 e. The van der Waals surface area contributed by atoms with Crippen LogP contribution in [-0.4, -0.2) is 19.4 Å². The van der Waals surface area contributed by atoms with Crippen molar-refractivity contribution in [3.63, 3.8) is 0 Å². The number of ether oxygens (including phenoxy) is 1. The minimum absolute atomic E-state index is 0.391. The van der Waals surface area contributed by atoms with Crippen molar-refractivity contribution in [2.45, 2.75) is 25.4 Å². The molecule has 1 saturated heterocycles. The van der Waals surface area contributed by atoms with Crippen LogP contribution in [0.5, 0.6) is 0 Å². The topological polar surface area (TPSA) is 35.5 Å². The molecule has 4 heteroatoms. The van der Waals surface area contributed by atoms with Crippen LogP contribution in [0.4, 0.5) is 0 Å². The summed E-state index contributed by atoms with van der Waals surface area (Å²) in [7, 11) is -2.98. The van der Waals surface area contributed by atoms with Crippen molar-refractivity contribution in [3.05, 3.63) is 66.2 Å². The Bertz CT molecular complexity index is 664. The average Bonchev–Trinajstić information content (AvgIpc) is 3.06. The third-order valence-corrected chi connectivity index (χ3v) is 7.04. The first-order chi connectivity index (χ1) is 11.2. The van der Waals surface area contributed by atoms with Gasteiger partial charge in [0, 0.05) is 11.9 Å². The summed E-state index contributed by atoms with van der Waals surface area (Å²) in [5.74, 6) is 0. The van der Waals surface area contributed by atoms with Gasteiger partial charge < -0.3 is 9.26 Å². The van der Waals surface area contributed by atoms with Crippen LogP contribution in [0.25, 0.3) is 0 Å². The first-order valence-corrected chi connectivity index (χ1v) is 9.98. The van der Waals surface area contributed by atoms with E-state index in [4.69, 9.17) is 9.26 Å². The third-order valence-electron chi connectivity index (χ3n) is 4.35. The summed E-state index contributed by atoms with van der Waals surface area (Å²) in [6.45, 7) is 3.02. The second-order valence-corrected chi connectivity index (χ2v) is 8.33. The van der Waals surface area contributed by atoms with E-state index < -0.39 is 13.0 Å². The second-order valence-electron chi connectivity index (χ2n) is 5.90. The van der Waals surface area contributed by atoms with Crippen molar-refractivity contribution in [3.8, 4) is 0 Å². The van der Waals surface area contributed by atoms with Gasteiger partial charge in [-0.15, -0.1) is 0 Å². The van der Waals surface area contributed by atoms with Crippen LogP contribution >= 0.6 is 7.37 Å². The van der Waals surface area contributed by atoms with E-state index in [1.807, 2.05) is 55.5 Å². The Morgan fingerprint density at radius 2 is 1.74 bits per heavy atom. The first-order valence-electron chi connectivity index (χ1n) is 8.17. The predicted molar refractivity (Wildman–Crippen MR) is 93.5 cm³/mol. The van der Waals surface area contributed by atoms with E-state index >= 15 is 0 Å². The zero-order chi connectivity index (χ0) is 16.2. The molecule has 3 nitrogen and oxygen atoms in total. The van der Waals surface area contributed by atoms with Crippen LogP contribution in [0, 0.1) is 0 Å². The van der Waals surface area contributed by atoms with Crippen molar-refractivity contribution in [1.29, 1.82) is 0 Å². The van der Waals surface area contributed by atoms with Gasteiger partial charge in [0.05, 0.1) is 12.8 Å². The van der Waals surface area contributed by atoms with E-state index in [1.165, 1.54) is 0 Å². The van der Waals surface area contributed by atoms with Crippen LogP contribution < -0.4 is 5.30 Å². The van der Waals surface area contributed by atoms with Crippen molar-refractivity contribution in [2.24, 2.45) is 0 Å². The summed E-state index contributed by atoms with van der Waals surface area (Å²) in [6, 6.07) is 19.7. The molecule has 0 amide bonds. The molecule has 0 saturated carbocycles. The summed E-state index contributed by atoms with van der Waals surface area (Å²) in [6.07, 6.45) is 2.25. The highest BCUT2D eigenvalue weighted by Crippen LogP contribution is 2.54. The highest BCUT2D eigenvalue weighted by molar-refractivity contribution is 7.67. The van der Waals surface area contributed by atoms with Gasteiger partial charge in [0.25, 0.3) is 0 Å². The zero-order valence-corrected chi connectivity index (χ0v) is 14.4. The van der Waals surface area contributed by atoms with Crippen molar-refractivity contribution in [2.75, 3.05) is 19.4 Å². The van der Waals surface area contributed by atoms with E-state index in [9.17, 15) is 4.57 Å². The van der Waals surface area contributed by atoms with Gasteiger partial charge in [0.15, 0.2) is 0 Å². The van der Waals surface area contributed by atoms with Gasteiger partial charge in [0.2, 0.25) is 7.37 Å². The first kappa shape index (κ1) is 16.4. The van der Waals surface area contributed by atoms with Crippen LogP contribution in [-0.2, 0) is 19.4 Å². The molecule has 23 heavy (non-hydrogen) atoms. The lowest BCUT2D eigenvalue weighted by molar-refractivity contribution is 0.0177. The van der Waals surface area contributed by atoms with Crippen LogP contribution in [0.15, 0.2) is 60.7 Å². The number of hydrogen-bond acceptors (Lipinski definition) is 3. The van der Waals surface area contributed by atoms with Gasteiger partial charge in [-0.25, -0.2) is 0 Å². The van der Waals surface area contributed by atoms with Gasteiger partial charge in [-0.05, 0) is 37.5 Å². The maximum atomic E-state index is 13.6. The highest BCUT2D eigenvalue weighted by atomic mass is 31.2. The predicted octanol–water partition coefficient (Wildman–Crippen LogP) is 4.33. The molecule has 0 spiro atoms. The number of hydrogen-bond donors (Lipinski definition) is 0. The standard InChI is InChI=1S/C19H23O3P/c1-2-22-23(20,18-12-7-4-8-13-18)16-19(14-9-15-21-19)17-10-5-3-6-11-17/h3-8,10-13H,2,9,14-16H2,1H3. The lowest BCUT2D eigenvalue weighted by atomic mass is 9.93. The van der Waals surface area contributed by atoms with Gasteiger partial charge in [0.1, 0.15) is 5.60 Å². The molecular formula is C19H23O3P. The van der Waals surface area contributed by atoms with Gasteiger partial charge in [-0.1, -0.05) is 48.5 Å².